The minimum atomic E-state index is -1.36. The van der Waals surface area contributed by atoms with Crippen LogP contribution in [-0.2, 0) is 4.79 Å². The SMILES string of the molecule is C[Si](C)(C)/C=C1\CC[C@H]2CCCC(=O)[C@@]12C#N. The van der Waals surface area contributed by atoms with Crippen LogP contribution in [0.15, 0.2) is 11.3 Å². The molecular formula is C14H21NOSi. The molecular weight excluding hydrogens is 226 g/mol. The van der Waals surface area contributed by atoms with Gasteiger partial charge in [-0.25, -0.2) is 0 Å². The molecule has 3 heteroatoms. The van der Waals surface area contributed by atoms with E-state index < -0.39 is 13.5 Å². The first-order valence-corrected chi connectivity index (χ1v) is 10.1. The Morgan fingerprint density at radius 2 is 2.06 bits per heavy atom. The van der Waals surface area contributed by atoms with Gasteiger partial charge in [-0.1, -0.05) is 30.9 Å². The number of carbonyl (C=O) groups is 1. The highest BCUT2D eigenvalue weighted by Gasteiger charge is 2.54. The molecule has 2 saturated carbocycles. The Morgan fingerprint density at radius 3 is 2.65 bits per heavy atom. The van der Waals surface area contributed by atoms with Crippen LogP contribution >= 0.6 is 0 Å². The monoisotopic (exact) mass is 247 g/mol. The molecule has 0 unspecified atom stereocenters. The zero-order chi connectivity index (χ0) is 12.7. The van der Waals surface area contributed by atoms with Crippen LogP contribution in [0, 0.1) is 22.7 Å². The molecule has 0 N–H and O–H groups in total. The third kappa shape index (κ3) is 1.99. The maximum atomic E-state index is 12.3. The molecule has 2 aliphatic rings. The van der Waals surface area contributed by atoms with Gasteiger partial charge in [-0.15, -0.1) is 0 Å². The average Bonchev–Trinajstić information content (AvgIpc) is 2.57. The molecule has 2 fully saturated rings. The minimum Gasteiger partial charge on any atom is -0.298 e. The fourth-order valence-corrected chi connectivity index (χ4v) is 4.83. The molecule has 0 aromatic heterocycles. The largest absolute Gasteiger partial charge is 0.298 e. The summed E-state index contributed by atoms with van der Waals surface area (Å²) < 4.78 is 0. The van der Waals surface area contributed by atoms with Gasteiger partial charge in [-0.2, -0.15) is 5.26 Å². The quantitative estimate of drug-likeness (QED) is 0.666. The summed E-state index contributed by atoms with van der Waals surface area (Å²) in [5.74, 6) is 0.495. The van der Waals surface area contributed by atoms with Gasteiger partial charge < -0.3 is 0 Å². The smallest absolute Gasteiger partial charge is 0.157 e. The highest BCUT2D eigenvalue weighted by Crippen LogP contribution is 2.53. The maximum absolute atomic E-state index is 12.3. The van der Waals surface area contributed by atoms with E-state index in [1.165, 1.54) is 0 Å². The summed E-state index contributed by atoms with van der Waals surface area (Å²) in [6.45, 7) is 6.81. The van der Waals surface area contributed by atoms with Crippen LogP contribution in [0.2, 0.25) is 19.6 Å². The number of hydrogen-bond donors (Lipinski definition) is 0. The van der Waals surface area contributed by atoms with Crippen molar-refractivity contribution in [1.29, 1.82) is 5.26 Å². The summed E-state index contributed by atoms with van der Waals surface area (Å²) in [6, 6.07) is 2.41. The Morgan fingerprint density at radius 1 is 1.35 bits per heavy atom. The molecule has 0 aliphatic heterocycles. The number of allylic oxidation sites excluding steroid dienone is 1. The summed E-state index contributed by atoms with van der Waals surface area (Å²) in [5, 5.41) is 9.59. The molecule has 2 rings (SSSR count). The lowest BCUT2D eigenvalue weighted by molar-refractivity contribution is -0.128. The van der Waals surface area contributed by atoms with Crippen molar-refractivity contribution in [3.63, 3.8) is 0 Å². The highest BCUT2D eigenvalue weighted by molar-refractivity contribution is 6.81. The molecule has 0 aromatic rings. The van der Waals surface area contributed by atoms with E-state index in [4.69, 9.17) is 0 Å². The normalized spacial score (nSPS) is 35.8. The van der Waals surface area contributed by atoms with Crippen LogP contribution < -0.4 is 0 Å². The topological polar surface area (TPSA) is 40.9 Å². The van der Waals surface area contributed by atoms with Gasteiger partial charge in [0.2, 0.25) is 0 Å². The second-order valence-corrected chi connectivity index (χ2v) is 11.5. The molecule has 0 amide bonds. The number of nitriles is 1. The summed E-state index contributed by atoms with van der Waals surface area (Å²) in [4.78, 5) is 12.3. The fourth-order valence-electron chi connectivity index (χ4n) is 3.41. The van der Waals surface area contributed by atoms with Crippen molar-refractivity contribution >= 4 is 13.9 Å². The van der Waals surface area contributed by atoms with Crippen molar-refractivity contribution in [3.8, 4) is 6.07 Å². The van der Waals surface area contributed by atoms with Gasteiger partial charge in [-0.05, 0) is 31.6 Å². The third-order valence-corrected chi connectivity index (χ3v) is 5.28. The van der Waals surface area contributed by atoms with Crippen LogP contribution in [0.25, 0.3) is 0 Å². The predicted molar refractivity (Wildman–Crippen MR) is 71.1 cm³/mol. The van der Waals surface area contributed by atoms with Gasteiger partial charge in [0.15, 0.2) is 5.78 Å². The molecule has 2 nitrogen and oxygen atoms in total. The molecule has 17 heavy (non-hydrogen) atoms. The Balaban J connectivity index is 2.47. The number of fused-ring (bicyclic) bond motifs is 1. The van der Waals surface area contributed by atoms with Crippen molar-refractivity contribution in [3.05, 3.63) is 11.3 Å². The van der Waals surface area contributed by atoms with E-state index in [2.05, 4.69) is 31.4 Å². The van der Waals surface area contributed by atoms with Crippen molar-refractivity contribution in [2.24, 2.45) is 11.3 Å². The van der Waals surface area contributed by atoms with Crippen molar-refractivity contribution in [2.75, 3.05) is 0 Å². The molecule has 2 atom stereocenters. The van der Waals surface area contributed by atoms with Gasteiger partial charge in [0.1, 0.15) is 5.41 Å². The van der Waals surface area contributed by atoms with Crippen LogP contribution in [-0.4, -0.2) is 13.9 Å². The van der Waals surface area contributed by atoms with Crippen LogP contribution in [0.1, 0.15) is 32.1 Å². The molecule has 0 radical (unpaired) electrons. The maximum Gasteiger partial charge on any atom is 0.157 e. The molecule has 0 bridgehead atoms. The predicted octanol–water partition coefficient (Wildman–Crippen LogP) is 3.46. The standard InChI is InChI=1S/C14H21NOSi/c1-17(2,3)9-12-8-7-11-5-4-6-13(16)14(11,12)10-15/h9,11H,4-8H2,1-3H3/b12-9+/t11-,14-/m1/s1. The van der Waals surface area contributed by atoms with Gasteiger partial charge in [0, 0.05) is 6.42 Å². The molecule has 92 valence electrons. The number of rotatable bonds is 1. The lowest BCUT2D eigenvalue weighted by Crippen LogP contribution is -2.39. The van der Waals surface area contributed by atoms with E-state index in [0.29, 0.717) is 12.3 Å². The van der Waals surface area contributed by atoms with Crippen LogP contribution in [0.3, 0.4) is 0 Å². The van der Waals surface area contributed by atoms with Crippen molar-refractivity contribution in [2.45, 2.75) is 51.7 Å². The van der Waals surface area contributed by atoms with Crippen molar-refractivity contribution in [1.82, 2.24) is 0 Å². The van der Waals surface area contributed by atoms with Gasteiger partial charge in [0.05, 0.1) is 14.1 Å². The van der Waals surface area contributed by atoms with E-state index in [9.17, 15) is 10.1 Å². The first kappa shape index (κ1) is 12.6. The fraction of sp³-hybridized carbons (Fsp3) is 0.714. The lowest BCUT2D eigenvalue weighted by atomic mass is 9.67. The second kappa shape index (κ2) is 4.10. The number of ketones is 1. The van der Waals surface area contributed by atoms with E-state index in [1.54, 1.807) is 0 Å². The zero-order valence-corrected chi connectivity index (χ0v) is 12.0. The number of hydrogen-bond acceptors (Lipinski definition) is 2. The second-order valence-electron chi connectivity index (χ2n) is 6.51. The summed E-state index contributed by atoms with van der Waals surface area (Å²) in [7, 11) is -1.36. The van der Waals surface area contributed by atoms with Gasteiger partial charge >= 0.3 is 0 Å². The van der Waals surface area contributed by atoms with Crippen LogP contribution in [0.5, 0.6) is 0 Å². The summed E-state index contributed by atoms with van der Waals surface area (Å²) in [6.07, 6.45) is 4.65. The molecule has 0 saturated heterocycles. The molecule has 0 heterocycles. The molecule has 2 aliphatic carbocycles. The molecule has 0 aromatic carbocycles. The van der Waals surface area contributed by atoms with E-state index in [-0.39, 0.29) is 5.78 Å². The minimum absolute atomic E-state index is 0.193. The number of carbonyl (C=O) groups excluding carboxylic acids is 1. The first-order chi connectivity index (χ1) is 7.90. The van der Waals surface area contributed by atoms with E-state index in [0.717, 1.165) is 31.3 Å². The van der Waals surface area contributed by atoms with E-state index >= 15 is 0 Å². The summed E-state index contributed by atoms with van der Waals surface area (Å²) >= 11 is 0. The first-order valence-electron chi connectivity index (χ1n) is 6.57. The Hall–Kier alpha value is -0.883. The Kier molecular flexibility index (Phi) is 3.03. The van der Waals surface area contributed by atoms with Gasteiger partial charge in [0.25, 0.3) is 0 Å². The zero-order valence-electron chi connectivity index (χ0n) is 11.0. The van der Waals surface area contributed by atoms with Crippen molar-refractivity contribution < 1.29 is 4.79 Å². The van der Waals surface area contributed by atoms with Crippen LogP contribution in [0.4, 0.5) is 0 Å². The highest BCUT2D eigenvalue weighted by atomic mass is 28.3. The lowest BCUT2D eigenvalue weighted by Gasteiger charge is -2.33. The Labute approximate surface area is 105 Å². The molecule has 0 spiro atoms. The summed E-state index contributed by atoms with van der Waals surface area (Å²) in [5.41, 5.74) is 2.74. The van der Waals surface area contributed by atoms with E-state index in [1.807, 2.05) is 0 Å². The van der Waals surface area contributed by atoms with Gasteiger partial charge in [-0.3, -0.25) is 4.79 Å². The number of Topliss-reactive ketones (excluding diaryl/α,β-unsaturated/α-hetero) is 1. The Bertz CT molecular complexity index is 413. The third-order valence-electron chi connectivity index (χ3n) is 4.06. The average molecular weight is 247 g/mol. The number of nitrogens with zero attached hydrogens (tertiary/aromatic N) is 1.